The molecule has 18 heteroatoms. The molecule has 276 valence electrons. The number of benzene rings is 1. The van der Waals surface area contributed by atoms with Crippen molar-refractivity contribution in [3.05, 3.63) is 35.9 Å². The molecular weight excluding hydrogens is 672 g/mol. The van der Waals surface area contributed by atoms with Gasteiger partial charge in [0.1, 0.15) is 50.0 Å². The Labute approximate surface area is 286 Å². The van der Waals surface area contributed by atoms with Crippen LogP contribution in [0.3, 0.4) is 0 Å². The fraction of sp³-hybridized carbons (Fsp3) is 0.562. The van der Waals surface area contributed by atoms with E-state index in [0.717, 1.165) is 40.7 Å². The number of phenolic OH excluding ortho intramolecular Hbond substituents is 1. The molecule has 9 atom stereocenters. The highest BCUT2D eigenvalue weighted by molar-refractivity contribution is 5.87. The summed E-state index contributed by atoms with van der Waals surface area (Å²) in [5.74, 6) is -7.23. The molecule has 0 aliphatic carbocycles. The zero-order valence-corrected chi connectivity index (χ0v) is 27.9. The predicted octanol–water partition coefficient (Wildman–Crippen LogP) is -0.529. The highest BCUT2D eigenvalue weighted by Crippen LogP contribution is 2.37. The fourth-order valence-electron chi connectivity index (χ4n) is 5.11. The summed E-state index contributed by atoms with van der Waals surface area (Å²) in [6, 6.07) is 5.92. The Hall–Kier alpha value is -4.62. The summed E-state index contributed by atoms with van der Waals surface area (Å²) in [6.07, 6.45) is -9.79. The number of hydrogen-bond acceptors (Lipinski definition) is 18. The summed E-state index contributed by atoms with van der Waals surface area (Å²) in [5, 5.41) is 32.0. The van der Waals surface area contributed by atoms with Gasteiger partial charge in [0.05, 0.1) is 6.61 Å². The third-order valence-electron chi connectivity index (χ3n) is 7.26. The quantitative estimate of drug-likeness (QED) is 0.125. The van der Waals surface area contributed by atoms with Crippen LogP contribution in [0.15, 0.2) is 30.3 Å². The first-order valence-electron chi connectivity index (χ1n) is 15.3. The molecule has 3 N–H and O–H groups in total. The van der Waals surface area contributed by atoms with Crippen LogP contribution < -0.4 is 0 Å². The first kappa shape index (κ1) is 39.8. The Morgan fingerprint density at radius 1 is 0.700 bits per heavy atom. The maximum absolute atomic E-state index is 12.5. The molecular formula is C32H40O18. The fourth-order valence-corrected chi connectivity index (χ4v) is 5.11. The molecule has 0 amide bonds. The van der Waals surface area contributed by atoms with Crippen molar-refractivity contribution in [2.75, 3.05) is 26.4 Å². The van der Waals surface area contributed by atoms with Crippen LogP contribution in [0, 0.1) is 0 Å². The van der Waals surface area contributed by atoms with Crippen LogP contribution in [0.25, 0.3) is 6.08 Å². The third kappa shape index (κ3) is 11.2. The molecule has 0 saturated carbocycles. The topological polar surface area (TPSA) is 246 Å². The van der Waals surface area contributed by atoms with Gasteiger partial charge in [0.25, 0.3) is 0 Å². The zero-order chi connectivity index (χ0) is 37.2. The largest absolute Gasteiger partial charge is 0.508 e. The molecule has 2 aliphatic rings. The van der Waals surface area contributed by atoms with E-state index in [1.807, 2.05) is 0 Å². The van der Waals surface area contributed by atoms with E-state index in [9.17, 15) is 44.1 Å². The summed E-state index contributed by atoms with van der Waals surface area (Å²) in [6.45, 7) is 2.73. The molecule has 2 heterocycles. The van der Waals surface area contributed by atoms with Crippen molar-refractivity contribution in [2.24, 2.45) is 0 Å². The van der Waals surface area contributed by atoms with Crippen molar-refractivity contribution < 1.29 is 86.7 Å². The van der Waals surface area contributed by atoms with Crippen molar-refractivity contribution in [1.29, 1.82) is 0 Å². The lowest BCUT2D eigenvalue weighted by Crippen LogP contribution is -2.63. The Morgan fingerprint density at radius 2 is 1.26 bits per heavy atom. The molecule has 2 saturated heterocycles. The van der Waals surface area contributed by atoms with Gasteiger partial charge in [-0.2, -0.15) is 0 Å². The van der Waals surface area contributed by atoms with Crippen molar-refractivity contribution in [2.45, 2.75) is 89.2 Å². The van der Waals surface area contributed by atoms with Crippen LogP contribution in [0.2, 0.25) is 0 Å². The Bertz CT molecular complexity index is 1410. The minimum Gasteiger partial charge on any atom is -0.508 e. The molecule has 1 aromatic carbocycles. The lowest BCUT2D eigenvalue weighted by atomic mass is 9.94. The summed E-state index contributed by atoms with van der Waals surface area (Å²) < 4.78 is 48.8. The standard InChI is InChI=1S/C32H40O18/c1-16(33)42-12-24-28(46-18(3)35)30(48-20(5)37)27(40)23(49-24)14-45-32(15-44-17(2)34)31(41)29(47-19(4)36)25(50-32)13-43-26(39)11-8-21-6-9-22(38)10-7-21/h6-11,23-25,27-31,38,40-41H,12-15H2,1-5H3/b11-8+/t23-,24-,25-,27+,28-,29+,30-,31-,32-/m1/s1. The normalized spacial score (nSPS) is 29.1. The Kier molecular flexibility index (Phi) is 14.2. The van der Waals surface area contributed by atoms with E-state index >= 15 is 0 Å². The van der Waals surface area contributed by atoms with Gasteiger partial charge in [-0.25, -0.2) is 4.79 Å². The molecule has 0 spiro atoms. The third-order valence-corrected chi connectivity index (χ3v) is 7.26. The average Bonchev–Trinajstić information content (AvgIpc) is 3.28. The average molecular weight is 713 g/mol. The highest BCUT2D eigenvalue weighted by atomic mass is 16.8. The SMILES string of the molecule is CC(=O)OC[C@H]1O[C@H](CO[C@]2(COC(C)=O)O[C@H](COC(=O)/C=C/c3ccc(O)cc3)[C@H](OC(C)=O)[C@H]2O)[C@H](O)[C@@H](OC(C)=O)[C@@H]1OC(C)=O. The number of rotatable bonds is 14. The van der Waals surface area contributed by atoms with Gasteiger partial charge >= 0.3 is 35.8 Å². The zero-order valence-electron chi connectivity index (χ0n) is 27.9. The second-order valence-electron chi connectivity index (χ2n) is 11.3. The number of aliphatic hydroxyl groups is 2. The minimum atomic E-state index is -2.32. The van der Waals surface area contributed by atoms with Crippen LogP contribution in [0.4, 0.5) is 0 Å². The smallest absolute Gasteiger partial charge is 0.330 e. The van der Waals surface area contributed by atoms with Crippen LogP contribution >= 0.6 is 0 Å². The number of esters is 6. The molecule has 0 bridgehead atoms. The van der Waals surface area contributed by atoms with Gasteiger partial charge in [0.2, 0.25) is 5.79 Å². The summed E-state index contributed by atoms with van der Waals surface area (Å²) in [7, 11) is 0. The molecule has 1 aromatic rings. The van der Waals surface area contributed by atoms with Gasteiger partial charge in [0.15, 0.2) is 24.4 Å². The number of phenols is 1. The van der Waals surface area contributed by atoms with E-state index in [0.29, 0.717) is 5.56 Å². The molecule has 0 radical (unpaired) electrons. The lowest BCUT2D eigenvalue weighted by molar-refractivity contribution is -0.306. The monoisotopic (exact) mass is 712 g/mol. The first-order valence-corrected chi connectivity index (χ1v) is 15.3. The summed E-state index contributed by atoms with van der Waals surface area (Å²) in [5.41, 5.74) is 0.566. The van der Waals surface area contributed by atoms with E-state index in [2.05, 4.69) is 0 Å². The van der Waals surface area contributed by atoms with E-state index < -0.39 is 117 Å². The van der Waals surface area contributed by atoms with Gasteiger partial charge in [-0.3, -0.25) is 24.0 Å². The van der Waals surface area contributed by atoms with Gasteiger partial charge in [-0.1, -0.05) is 12.1 Å². The summed E-state index contributed by atoms with van der Waals surface area (Å²) in [4.78, 5) is 71.7. The van der Waals surface area contributed by atoms with Crippen molar-refractivity contribution in [1.82, 2.24) is 0 Å². The van der Waals surface area contributed by atoms with Crippen LogP contribution in [-0.4, -0.2) is 132 Å². The number of carbonyl (C=O) groups is 6. The lowest BCUT2D eigenvalue weighted by Gasteiger charge is -2.44. The van der Waals surface area contributed by atoms with Crippen molar-refractivity contribution >= 4 is 41.9 Å². The molecule has 3 rings (SSSR count). The number of ether oxygens (including phenoxy) is 9. The Morgan fingerprint density at radius 3 is 1.84 bits per heavy atom. The highest BCUT2D eigenvalue weighted by Gasteiger charge is 2.60. The molecule has 2 aliphatic heterocycles. The second-order valence-corrected chi connectivity index (χ2v) is 11.3. The summed E-state index contributed by atoms with van der Waals surface area (Å²) >= 11 is 0. The number of aliphatic hydroxyl groups excluding tert-OH is 2. The number of carbonyl (C=O) groups excluding carboxylic acids is 6. The molecule has 18 nitrogen and oxygen atoms in total. The van der Waals surface area contributed by atoms with Gasteiger partial charge in [0, 0.05) is 40.7 Å². The molecule has 0 unspecified atom stereocenters. The minimum absolute atomic E-state index is 0.0272. The van der Waals surface area contributed by atoms with Crippen LogP contribution in [0.5, 0.6) is 5.75 Å². The number of hydrogen-bond donors (Lipinski definition) is 3. The van der Waals surface area contributed by atoms with Gasteiger partial charge in [-0.05, 0) is 23.8 Å². The van der Waals surface area contributed by atoms with Crippen molar-refractivity contribution in [3.8, 4) is 5.75 Å². The van der Waals surface area contributed by atoms with Crippen molar-refractivity contribution in [3.63, 3.8) is 0 Å². The van der Waals surface area contributed by atoms with E-state index in [-0.39, 0.29) is 5.75 Å². The van der Waals surface area contributed by atoms with E-state index in [4.69, 9.17) is 42.6 Å². The molecule has 2 fully saturated rings. The Balaban J connectivity index is 1.86. The van der Waals surface area contributed by atoms with Gasteiger partial charge in [-0.15, -0.1) is 0 Å². The second kappa shape index (κ2) is 17.9. The van der Waals surface area contributed by atoms with Gasteiger partial charge < -0.3 is 58.0 Å². The number of aromatic hydroxyl groups is 1. The van der Waals surface area contributed by atoms with Crippen LogP contribution in [-0.2, 0) is 71.4 Å². The first-order chi connectivity index (χ1) is 23.5. The van der Waals surface area contributed by atoms with E-state index in [1.165, 1.54) is 18.2 Å². The maximum atomic E-state index is 12.5. The van der Waals surface area contributed by atoms with Crippen LogP contribution in [0.1, 0.15) is 40.2 Å². The molecule has 50 heavy (non-hydrogen) atoms. The predicted molar refractivity (Wildman–Crippen MR) is 162 cm³/mol. The van der Waals surface area contributed by atoms with E-state index in [1.54, 1.807) is 12.1 Å². The maximum Gasteiger partial charge on any atom is 0.330 e. The molecule has 0 aromatic heterocycles.